The molecule has 5 heteroatoms. The third-order valence-corrected chi connectivity index (χ3v) is 4.63. The number of ether oxygens (including phenoxy) is 3. The number of aryl methyl sites for hydroxylation is 1. The molecule has 2 aromatic rings. The molecule has 0 fully saturated rings. The highest BCUT2D eigenvalue weighted by Crippen LogP contribution is 2.45. The summed E-state index contributed by atoms with van der Waals surface area (Å²) in [5.74, 6) is 1.24. The van der Waals surface area contributed by atoms with Gasteiger partial charge in [0.15, 0.2) is 17.3 Å². The van der Waals surface area contributed by atoms with Crippen LogP contribution in [0.15, 0.2) is 30.3 Å². The van der Waals surface area contributed by atoms with Gasteiger partial charge in [-0.15, -0.1) is 0 Å². The van der Waals surface area contributed by atoms with Gasteiger partial charge in [0.25, 0.3) is 0 Å². The summed E-state index contributed by atoms with van der Waals surface area (Å²) in [4.78, 5) is 24.2. The lowest BCUT2D eigenvalue weighted by molar-refractivity contribution is -0.135. The van der Waals surface area contributed by atoms with Gasteiger partial charge in [0, 0.05) is 24.0 Å². The van der Waals surface area contributed by atoms with E-state index in [1.165, 1.54) is 14.2 Å². The van der Waals surface area contributed by atoms with Gasteiger partial charge in [-0.3, -0.25) is 9.59 Å². The van der Waals surface area contributed by atoms with Crippen molar-refractivity contribution in [1.29, 1.82) is 0 Å². The van der Waals surface area contributed by atoms with Crippen molar-refractivity contribution in [2.45, 2.75) is 33.1 Å². The number of benzene rings is 2. The first kappa shape index (κ1) is 19.0. The number of ketones is 1. The van der Waals surface area contributed by atoms with Crippen LogP contribution in [-0.2, 0) is 11.2 Å². The van der Waals surface area contributed by atoms with E-state index in [1.807, 2.05) is 38.1 Å². The van der Waals surface area contributed by atoms with Gasteiger partial charge in [0.1, 0.15) is 0 Å². The van der Waals surface area contributed by atoms with Gasteiger partial charge in [-0.2, -0.15) is 0 Å². The summed E-state index contributed by atoms with van der Waals surface area (Å²) >= 11 is 0. The second-order valence-electron chi connectivity index (χ2n) is 7.04. The fraction of sp³-hybridized carbons (Fsp3) is 0.364. The van der Waals surface area contributed by atoms with Crippen LogP contribution in [-0.4, -0.2) is 26.0 Å². The van der Waals surface area contributed by atoms with Gasteiger partial charge in [0.2, 0.25) is 5.75 Å². The molecule has 0 heterocycles. The zero-order valence-electron chi connectivity index (χ0n) is 16.1. The molecule has 0 saturated carbocycles. The van der Waals surface area contributed by atoms with Crippen molar-refractivity contribution in [3.8, 4) is 28.4 Å². The molecular formula is C22H24O5. The van der Waals surface area contributed by atoms with Crippen molar-refractivity contribution in [3.63, 3.8) is 0 Å². The van der Waals surface area contributed by atoms with Gasteiger partial charge in [0.05, 0.1) is 14.2 Å². The number of fused-ring (bicyclic) bond motifs is 1. The molecular weight excluding hydrogens is 344 g/mol. The molecule has 0 unspecified atom stereocenters. The van der Waals surface area contributed by atoms with Crippen LogP contribution in [0.4, 0.5) is 0 Å². The van der Waals surface area contributed by atoms with Crippen molar-refractivity contribution in [2.24, 2.45) is 5.92 Å². The van der Waals surface area contributed by atoms with Crippen LogP contribution in [0.2, 0.25) is 0 Å². The first-order valence-corrected chi connectivity index (χ1v) is 9.06. The smallest absolute Gasteiger partial charge is 0.311 e. The maximum absolute atomic E-state index is 12.3. The summed E-state index contributed by atoms with van der Waals surface area (Å²) in [6.07, 6.45) is 1.58. The Morgan fingerprint density at radius 1 is 1.00 bits per heavy atom. The number of hydrogen-bond acceptors (Lipinski definition) is 5. The first-order chi connectivity index (χ1) is 12.9. The Hall–Kier alpha value is -2.82. The lowest BCUT2D eigenvalue weighted by atomic mass is 9.99. The Morgan fingerprint density at radius 3 is 2.41 bits per heavy atom. The topological polar surface area (TPSA) is 61.8 Å². The average Bonchev–Trinajstić information content (AvgIpc) is 3.01. The fourth-order valence-corrected chi connectivity index (χ4v) is 3.34. The van der Waals surface area contributed by atoms with Crippen molar-refractivity contribution in [1.82, 2.24) is 0 Å². The number of methoxy groups -OCH3 is 2. The maximum Gasteiger partial charge on any atom is 0.311 e. The minimum absolute atomic E-state index is 0.174. The molecule has 0 amide bonds. The fourth-order valence-electron chi connectivity index (χ4n) is 3.34. The molecule has 1 aliphatic rings. The molecule has 1 aliphatic carbocycles. The summed E-state index contributed by atoms with van der Waals surface area (Å²) in [6.45, 7) is 3.92. The van der Waals surface area contributed by atoms with E-state index in [2.05, 4.69) is 0 Å². The van der Waals surface area contributed by atoms with Crippen LogP contribution < -0.4 is 14.2 Å². The summed E-state index contributed by atoms with van der Waals surface area (Å²) in [7, 11) is 3.06. The Morgan fingerprint density at radius 2 is 1.74 bits per heavy atom. The van der Waals surface area contributed by atoms with Crippen molar-refractivity contribution >= 4 is 11.8 Å². The molecule has 0 aromatic heterocycles. The van der Waals surface area contributed by atoms with Gasteiger partial charge in [-0.25, -0.2) is 0 Å². The number of Topliss-reactive ketones (excluding diaryl/α,β-unsaturated/α-hetero) is 1. The molecule has 142 valence electrons. The zero-order valence-corrected chi connectivity index (χ0v) is 16.1. The van der Waals surface area contributed by atoms with Crippen LogP contribution in [0.25, 0.3) is 11.1 Å². The quantitative estimate of drug-likeness (QED) is 0.557. The highest BCUT2D eigenvalue weighted by atomic mass is 16.6. The Labute approximate surface area is 159 Å². The number of carbonyl (C=O) groups excluding carboxylic acids is 2. The van der Waals surface area contributed by atoms with E-state index >= 15 is 0 Å². The van der Waals surface area contributed by atoms with Gasteiger partial charge >= 0.3 is 5.97 Å². The summed E-state index contributed by atoms with van der Waals surface area (Å²) in [6, 6.07) is 9.34. The second-order valence-corrected chi connectivity index (χ2v) is 7.04. The number of carbonyl (C=O) groups is 2. The van der Waals surface area contributed by atoms with Crippen LogP contribution >= 0.6 is 0 Å². The van der Waals surface area contributed by atoms with Crippen LogP contribution in [0, 0.1) is 5.92 Å². The molecule has 0 saturated heterocycles. The minimum atomic E-state index is -0.325. The van der Waals surface area contributed by atoms with Gasteiger partial charge in [-0.05, 0) is 35.6 Å². The predicted molar refractivity (Wildman–Crippen MR) is 103 cm³/mol. The standard InChI is InChI=1S/C22H24O5/c1-13(2)11-20(24)27-21-17(8-10-19(25-3)22(21)26-4)15-5-7-16-14(12-15)6-9-18(16)23/h5,7-8,10,12-13H,6,9,11H2,1-4H3. The Kier molecular flexibility index (Phi) is 5.49. The van der Waals surface area contributed by atoms with Gasteiger partial charge in [-0.1, -0.05) is 32.0 Å². The minimum Gasteiger partial charge on any atom is -0.493 e. The zero-order chi connectivity index (χ0) is 19.6. The molecule has 0 spiro atoms. The average molecular weight is 368 g/mol. The van der Waals surface area contributed by atoms with E-state index < -0.39 is 0 Å². The van der Waals surface area contributed by atoms with Crippen LogP contribution in [0.1, 0.15) is 42.6 Å². The first-order valence-electron chi connectivity index (χ1n) is 9.06. The highest BCUT2D eigenvalue weighted by Gasteiger charge is 2.24. The normalized spacial score (nSPS) is 12.9. The number of rotatable bonds is 6. The molecule has 0 atom stereocenters. The molecule has 0 N–H and O–H groups in total. The summed E-state index contributed by atoms with van der Waals surface area (Å²) in [5, 5.41) is 0. The van der Waals surface area contributed by atoms with E-state index in [9.17, 15) is 9.59 Å². The molecule has 5 nitrogen and oxygen atoms in total. The molecule has 2 aromatic carbocycles. The van der Waals surface area contributed by atoms with Crippen LogP contribution in [0.5, 0.6) is 17.2 Å². The second kappa shape index (κ2) is 7.82. The molecule has 0 radical (unpaired) electrons. The monoisotopic (exact) mass is 368 g/mol. The van der Waals surface area contributed by atoms with E-state index in [4.69, 9.17) is 14.2 Å². The van der Waals surface area contributed by atoms with E-state index in [0.717, 1.165) is 28.7 Å². The summed E-state index contributed by atoms with van der Waals surface area (Å²) < 4.78 is 16.6. The molecule has 0 aliphatic heterocycles. The third kappa shape index (κ3) is 3.82. The van der Waals surface area contributed by atoms with E-state index in [1.54, 1.807) is 6.07 Å². The Balaban J connectivity index is 2.09. The molecule has 0 bridgehead atoms. The van der Waals surface area contributed by atoms with E-state index in [0.29, 0.717) is 30.1 Å². The lowest BCUT2D eigenvalue weighted by Crippen LogP contribution is -2.12. The Bertz CT molecular complexity index is 883. The van der Waals surface area contributed by atoms with Crippen molar-refractivity contribution < 1.29 is 23.8 Å². The predicted octanol–water partition coefficient (Wildman–Crippen LogP) is 4.45. The molecule has 3 rings (SSSR count). The SMILES string of the molecule is COc1ccc(-c2ccc3c(c2)CCC3=O)c(OC(=O)CC(C)C)c1OC. The van der Waals surface area contributed by atoms with Gasteiger partial charge < -0.3 is 14.2 Å². The largest absolute Gasteiger partial charge is 0.493 e. The highest BCUT2D eigenvalue weighted by molar-refractivity contribution is 6.01. The number of esters is 1. The third-order valence-electron chi connectivity index (χ3n) is 4.63. The molecule has 27 heavy (non-hydrogen) atoms. The lowest BCUT2D eigenvalue weighted by Gasteiger charge is -2.17. The number of hydrogen-bond donors (Lipinski definition) is 0. The van der Waals surface area contributed by atoms with E-state index in [-0.39, 0.29) is 17.7 Å². The maximum atomic E-state index is 12.3. The summed E-state index contributed by atoms with van der Waals surface area (Å²) in [5.41, 5.74) is 3.40. The van der Waals surface area contributed by atoms with Crippen molar-refractivity contribution in [3.05, 3.63) is 41.5 Å². The van der Waals surface area contributed by atoms with Crippen molar-refractivity contribution in [2.75, 3.05) is 14.2 Å². The van der Waals surface area contributed by atoms with Crippen LogP contribution in [0.3, 0.4) is 0 Å².